The summed E-state index contributed by atoms with van der Waals surface area (Å²) >= 11 is 6.18. The second-order valence-corrected chi connectivity index (χ2v) is 6.03. The molecule has 0 aliphatic carbocycles. The molecule has 1 N–H and O–H groups in total. The van der Waals surface area contributed by atoms with E-state index in [1.54, 1.807) is 7.11 Å². The van der Waals surface area contributed by atoms with Crippen LogP contribution in [0.15, 0.2) is 18.2 Å². The SMILES string of the molecule is COc1ccc(CN2CC3CCCNC3C2)cc1Cl. The number of ether oxygens (including phenoxy) is 1. The highest BCUT2D eigenvalue weighted by molar-refractivity contribution is 6.32. The third-order valence-electron chi connectivity index (χ3n) is 4.30. The minimum Gasteiger partial charge on any atom is -0.495 e. The lowest BCUT2D eigenvalue weighted by molar-refractivity contribution is 0.312. The molecule has 4 heteroatoms. The summed E-state index contributed by atoms with van der Waals surface area (Å²) in [4.78, 5) is 2.53. The Bertz CT molecular complexity index is 438. The molecule has 2 unspecified atom stereocenters. The number of rotatable bonds is 3. The molecule has 3 nitrogen and oxygen atoms in total. The fourth-order valence-corrected chi connectivity index (χ4v) is 3.61. The van der Waals surface area contributed by atoms with Gasteiger partial charge in [0.25, 0.3) is 0 Å². The van der Waals surface area contributed by atoms with Crippen LogP contribution in [0.5, 0.6) is 5.75 Å². The fourth-order valence-electron chi connectivity index (χ4n) is 3.33. The number of benzene rings is 1. The minimum absolute atomic E-state index is 0.697. The van der Waals surface area contributed by atoms with E-state index < -0.39 is 0 Å². The largest absolute Gasteiger partial charge is 0.495 e. The van der Waals surface area contributed by atoms with Gasteiger partial charge in [-0.3, -0.25) is 4.90 Å². The Morgan fingerprint density at radius 3 is 3.05 bits per heavy atom. The lowest BCUT2D eigenvalue weighted by Gasteiger charge is -2.24. The molecule has 0 bridgehead atoms. The first-order valence-electron chi connectivity index (χ1n) is 7.04. The van der Waals surface area contributed by atoms with Crippen LogP contribution < -0.4 is 10.1 Å². The zero-order chi connectivity index (χ0) is 13.2. The number of nitrogens with one attached hydrogen (secondary N) is 1. The highest BCUT2D eigenvalue weighted by Crippen LogP contribution is 2.28. The summed E-state index contributed by atoms with van der Waals surface area (Å²) < 4.78 is 5.19. The van der Waals surface area contributed by atoms with Crippen LogP contribution in [0.25, 0.3) is 0 Å². The molecular weight excluding hydrogens is 260 g/mol. The van der Waals surface area contributed by atoms with Gasteiger partial charge < -0.3 is 10.1 Å². The van der Waals surface area contributed by atoms with E-state index in [1.807, 2.05) is 12.1 Å². The molecular formula is C15H21ClN2O. The third-order valence-corrected chi connectivity index (χ3v) is 4.59. The van der Waals surface area contributed by atoms with Crippen LogP contribution in [0, 0.1) is 5.92 Å². The smallest absolute Gasteiger partial charge is 0.137 e. The van der Waals surface area contributed by atoms with Gasteiger partial charge in [-0.05, 0) is 43.0 Å². The van der Waals surface area contributed by atoms with E-state index in [0.29, 0.717) is 11.1 Å². The standard InChI is InChI=1S/C15H21ClN2O/c1-19-15-5-4-11(7-13(15)16)8-18-9-12-3-2-6-17-14(12)10-18/h4-5,7,12,14,17H,2-3,6,8-10H2,1H3. The van der Waals surface area contributed by atoms with Gasteiger partial charge in [0.15, 0.2) is 0 Å². The van der Waals surface area contributed by atoms with E-state index in [2.05, 4.69) is 16.3 Å². The summed E-state index contributed by atoms with van der Waals surface area (Å²) in [5.41, 5.74) is 1.27. The maximum absolute atomic E-state index is 6.18. The Kier molecular flexibility index (Phi) is 3.96. The summed E-state index contributed by atoms with van der Waals surface area (Å²) in [5, 5.41) is 4.34. The molecule has 2 aliphatic rings. The normalized spacial score (nSPS) is 27.3. The first-order valence-corrected chi connectivity index (χ1v) is 7.42. The number of piperidine rings is 1. The molecule has 0 radical (unpaired) electrons. The summed E-state index contributed by atoms with van der Waals surface area (Å²) in [6.07, 6.45) is 2.70. The predicted molar refractivity (Wildman–Crippen MR) is 77.8 cm³/mol. The van der Waals surface area contributed by atoms with Crippen LogP contribution in [0.1, 0.15) is 18.4 Å². The average Bonchev–Trinajstić information content (AvgIpc) is 2.81. The van der Waals surface area contributed by atoms with Crippen molar-refractivity contribution in [3.63, 3.8) is 0 Å². The van der Waals surface area contributed by atoms with Crippen molar-refractivity contribution in [2.45, 2.75) is 25.4 Å². The first-order chi connectivity index (χ1) is 9.26. The quantitative estimate of drug-likeness (QED) is 0.921. The van der Waals surface area contributed by atoms with Crippen LogP contribution in [0.4, 0.5) is 0 Å². The predicted octanol–water partition coefficient (Wildman–Crippen LogP) is 2.53. The molecule has 2 atom stereocenters. The van der Waals surface area contributed by atoms with Crippen molar-refractivity contribution in [2.75, 3.05) is 26.7 Å². The second-order valence-electron chi connectivity index (χ2n) is 5.63. The van der Waals surface area contributed by atoms with E-state index in [0.717, 1.165) is 24.8 Å². The number of nitrogens with zero attached hydrogens (tertiary/aromatic N) is 1. The molecule has 2 aliphatic heterocycles. The first kappa shape index (κ1) is 13.2. The molecule has 2 saturated heterocycles. The van der Waals surface area contributed by atoms with Gasteiger partial charge in [-0.1, -0.05) is 17.7 Å². The zero-order valence-electron chi connectivity index (χ0n) is 11.4. The van der Waals surface area contributed by atoms with Gasteiger partial charge in [0.05, 0.1) is 12.1 Å². The van der Waals surface area contributed by atoms with Crippen LogP contribution in [0.2, 0.25) is 5.02 Å². The monoisotopic (exact) mass is 280 g/mol. The summed E-state index contributed by atoms with van der Waals surface area (Å²) in [6, 6.07) is 6.79. The molecule has 0 aromatic heterocycles. The minimum atomic E-state index is 0.697. The topological polar surface area (TPSA) is 24.5 Å². The van der Waals surface area contributed by atoms with Gasteiger partial charge in [0.1, 0.15) is 5.75 Å². The maximum atomic E-state index is 6.18. The van der Waals surface area contributed by atoms with Crippen LogP contribution in [-0.2, 0) is 6.54 Å². The number of hydrogen-bond donors (Lipinski definition) is 1. The van der Waals surface area contributed by atoms with Gasteiger partial charge in [-0.15, -0.1) is 0 Å². The van der Waals surface area contributed by atoms with Crippen molar-refractivity contribution >= 4 is 11.6 Å². The van der Waals surface area contributed by atoms with E-state index in [-0.39, 0.29) is 0 Å². The summed E-state index contributed by atoms with van der Waals surface area (Å²) in [6.45, 7) is 4.54. The Morgan fingerprint density at radius 2 is 2.32 bits per heavy atom. The Balaban J connectivity index is 1.64. The molecule has 3 rings (SSSR count). The van der Waals surface area contributed by atoms with Crippen molar-refractivity contribution in [3.8, 4) is 5.75 Å². The highest BCUT2D eigenvalue weighted by atomic mass is 35.5. The molecule has 0 amide bonds. The van der Waals surface area contributed by atoms with Crippen LogP contribution in [-0.4, -0.2) is 37.7 Å². The third kappa shape index (κ3) is 2.88. The van der Waals surface area contributed by atoms with Crippen molar-refractivity contribution < 1.29 is 4.74 Å². The lowest BCUT2D eigenvalue weighted by Crippen LogP contribution is -2.40. The van der Waals surface area contributed by atoms with Gasteiger partial charge in [-0.25, -0.2) is 0 Å². The lowest BCUT2D eigenvalue weighted by atomic mass is 9.94. The number of hydrogen-bond acceptors (Lipinski definition) is 3. The Morgan fingerprint density at radius 1 is 1.42 bits per heavy atom. The van der Waals surface area contributed by atoms with Crippen molar-refractivity contribution in [2.24, 2.45) is 5.92 Å². The Labute approximate surface area is 119 Å². The number of likely N-dealkylation sites (tertiary alicyclic amines) is 1. The molecule has 1 aromatic carbocycles. The second kappa shape index (κ2) is 5.70. The molecule has 0 saturated carbocycles. The molecule has 2 fully saturated rings. The van der Waals surface area contributed by atoms with E-state index in [1.165, 1.54) is 31.5 Å². The van der Waals surface area contributed by atoms with Crippen LogP contribution in [0.3, 0.4) is 0 Å². The van der Waals surface area contributed by atoms with Crippen molar-refractivity contribution in [3.05, 3.63) is 28.8 Å². The summed E-state index contributed by atoms with van der Waals surface area (Å²) in [5.74, 6) is 1.59. The average molecular weight is 281 g/mol. The van der Waals surface area contributed by atoms with E-state index >= 15 is 0 Å². The van der Waals surface area contributed by atoms with Crippen molar-refractivity contribution in [1.29, 1.82) is 0 Å². The van der Waals surface area contributed by atoms with Crippen LogP contribution >= 0.6 is 11.6 Å². The number of fused-ring (bicyclic) bond motifs is 1. The molecule has 1 aromatic rings. The van der Waals surface area contributed by atoms with Crippen molar-refractivity contribution in [1.82, 2.24) is 10.2 Å². The van der Waals surface area contributed by atoms with Gasteiger partial charge in [0.2, 0.25) is 0 Å². The highest BCUT2D eigenvalue weighted by Gasteiger charge is 2.33. The maximum Gasteiger partial charge on any atom is 0.137 e. The molecule has 2 heterocycles. The fraction of sp³-hybridized carbons (Fsp3) is 0.600. The van der Waals surface area contributed by atoms with Gasteiger partial charge in [-0.2, -0.15) is 0 Å². The number of halogens is 1. The van der Waals surface area contributed by atoms with E-state index in [4.69, 9.17) is 16.3 Å². The zero-order valence-corrected chi connectivity index (χ0v) is 12.1. The molecule has 19 heavy (non-hydrogen) atoms. The van der Waals surface area contributed by atoms with Gasteiger partial charge >= 0.3 is 0 Å². The number of methoxy groups -OCH3 is 1. The summed E-state index contributed by atoms with van der Waals surface area (Å²) in [7, 11) is 1.65. The van der Waals surface area contributed by atoms with E-state index in [9.17, 15) is 0 Å². The Hall–Kier alpha value is -0.770. The van der Waals surface area contributed by atoms with Gasteiger partial charge in [0, 0.05) is 25.7 Å². The molecule has 0 spiro atoms. The molecule has 104 valence electrons.